The van der Waals surface area contributed by atoms with Crippen molar-refractivity contribution in [2.75, 3.05) is 13.1 Å². The van der Waals surface area contributed by atoms with Gasteiger partial charge < -0.3 is 0 Å². The standard InChI is InChI=1S/C16H31N/c1-14(2,3)13-12-17(15(4,5)6)11-10-16(13)8-7-9-16/h13H,7-12H2,1-6H3. The van der Waals surface area contributed by atoms with Crippen LogP contribution >= 0.6 is 0 Å². The molecule has 2 aliphatic rings. The molecule has 1 heterocycles. The maximum atomic E-state index is 2.71. The Morgan fingerprint density at radius 2 is 1.53 bits per heavy atom. The first kappa shape index (κ1) is 13.4. The van der Waals surface area contributed by atoms with E-state index >= 15 is 0 Å². The van der Waals surface area contributed by atoms with Gasteiger partial charge in [-0.2, -0.15) is 0 Å². The van der Waals surface area contributed by atoms with Crippen LogP contribution in [0.4, 0.5) is 0 Å². The zero-order chi connectivity index (χ0) is 12.9. The molecule has 0 aromatic carbocycles. The molecule has 0 radical (unpaired) electrons. The minimum absolute atomic E-state index is 0.342. The molecule has 2 rings (SSSR count). The van der Waals surface area contributed by atoms with Crippen LogP contribution in [0.3, 0.4) is 0 Å². The molecule has 1 saturated heterocycles. The van der Waals surface area contributed by atoms with Crippen molar-refractivity contribution in [1.82, 2.24) is 4.90 Å². The minimum Gasteiger partial charge on any atom is -0.298 e. The van der Waals surface area contributed by atoms with Crippen LogP contribution in [0.25, 0.3) is 0 Å². The monoisotopic (exact) mass is 237 g/mol. The highest BCUT2D eigenvalue weighted by Crippen LogP contribution is 2.57. The van der Waals surface area contributed by atoms with E-state index in [1.54, 1.807) is 0 Å². The summed E-state index contributed by atoms with van der Waals surface area (Å²) < 4.78 is 0. The minimum atomic E-state index is 0.342. The summed E-state index contributed by atoms with van der Waals surface area (Å²) in [5.41, 5.74) is 1.51. The summed E-state index contributed by atoms with van der Waals surface area (Å²) >= 11 is 0. The normalized spacial score (nSPS) is 30.4. The zero-order valence-electron chi connectivity index (χ0n) is 12.8. The molecule has 1 nitrogen and oxygen atoms in total. The third kappa shape index (κ3) is 2.41. The van der Waals surface area contributed by atoms with E-state index in [-0.39, 0.29) is 0 Å². The van der Waals surface area contributed by atoms with Crippen molar-refractivity contribution in [3.05, 3.63) is 0 Å². The van der Waals surface area contributed by atoms with Crippen LogP contribution in [0.1, 0.15) is 67.2 Å². The number of hydrogen-bond donors (Lipinski definition) is 0. The fraction of sp³-hybridized carbons (Fsp3) is 1.00. The summed E-state index contributed by atoms with van der Waals surface area (Å²) in [5, 5.41) is 0. The third-order valence-electron chi connectivity index (χ3n) is 5.37. The second-order valence-electron chi connectivity index (χ2n) is 8.50. The van der Waals surface area contributed by atoms with Crippen LogP contribution in [0.5, 0.6) is 0 Å². The highest BCUT2D eigenvalue weighted by molar-refractivity contribution is 5.03. The number of nitrogens with zero attached hydrogens (tertiary/aromatic N) is 1. The van der Waals surface area contributed by atoms with Crippen molar-refractivity contribution < 1.29 is 0 Å². The smallest absolute Gasteiger partial charge is 0.0125 e. The van der Waals surface area contributed by atoms with Gasteiger partial charge in [0.05, 0.1) is 0 Å². The van der Waals surface area contributed by atoms with Crippen molar-refractivity contribution in [3.63, 3.8) is 0 Å². The SMILES string of the molecule is CC(C)(C)C1CN(C(C)(C)C)CCC12CCC2. The van der Waals surface area contributed by atoms with Crippen molar-refractivity contribution >= 4 is 0 Å². The third-order valence-corrected chi connectivity index (χ3v) is 5.37. The fourth-order valence-electron chi connectivity index (χ4n) is 4.07. The van der Waals surface area contributed by atoms with Gasteiger partial charge in [-0.25, -0.2) is 0 Å². The fourth-order valence-corrected chi connectivity index (χ4v) is 4.07. The number of hydrogen-bond acceptors (Lipinski definition) is 1. The molecule has 0 amide bonds. The Balaban J connectivity index is 2.17. The molecular formula is C16H31N. The van der Waals surface area contributed by atoms with Gasteiger partial charge in [-0.3, -0.25) is 4.90 Å². The van der Waals surface area contributed by atoms with E-state index in [0.29, 0.717) is 16.4 Å². The highest BCUT2D eigenvalue weighted by Gasteiger charge is 2.51. The van der Waals surface area contributed by atoms with E-state index in [2.05, 4.69) is 46.4 Å². The van der Waals surface area contributed by atoms with Crippen molar-refractivity contribution in [1.29, 1.82) is 0 Å². The molecular weight excluding hydrogens is 206 g/mol. The van der Waals surface area contributed by atoms with E-state index < -0.39 is 0 Å². The molecule has 1 saturated carbocycles. The molecule has 100 valence electrons. The Kier molecular flexibility index (Phi) is 3.14. The van der Waals surface area contributed by atoms with Crippen LogP contribution in [-0.4, -0.2) is 23.5 Å². The summed E-state index contributed by atoms with van der Waals surface area (Å²) in [6.07, 6.45) is 5.90. The molecule has 1 aliphatic carbocycles. The summed E-state index contributed by atoms with van der Waals surface area (Å²) in [5.74, 6) is 0.886. The molecule has 1 spiro atoms. The summed E-state index contributed by atoms with van der Waals surface area (Å²) in [4.78, 5) is 2.71. The Bertz CT molecular complexity index is 275. The maximum absolute atomic E-state index is 2.71. The first-order chi connectivity index (χ1) is 7.65. The molecule has 2 fully saturated rings. The topological polar surface area (TPSA) is 3.24 Å². The number of likely N-dealkylation sites (tertiary alicyclic amines) is 1. The molecule has 1 heteroatoms. The van der Waals surface area contributed by atoms with E-state index in [9.17, 15) is 0 Å². The lowest BCUT2D eigenvalue weighted by Crippen LogP contribution is -2.58. The maximum Gasteiger partial charge on any atom is 0.0125 e. The van der Waals surface area contributed by atoms with Crippen LogP contribution in [-0.2, 0) is 0 Å². The number of piperidine rings is 1. The van der Waals surface area contributed by atoms with Gasteiger partial charge in [-0.05, 0) is 63.3 Å². The lowest BCUT2D eigenvalue weighted by atomic mass is 9.51. The highest BCUT2D eigenvalue weighted by atomic mass is 15.2. The first-order valence-electron chi connectivity index (χ1n) is 7.40. The largest absolute Gasteiger partial charge is 0.298 e. The van der Waals surface area contributed by atoms with Gasteiger partial charge in [-0.1, -0.05) is 27.2 Å². The summed E-state index contributed by atoms with van der Waals surface area (Å²) in [7, 11) is 0. The van der Waals surface area contributed by atoms with E-state index in [0.717, 1.165) is 5.92 Å². The van der Waals surface area contributed by atoms with E-state index in [1.165, 1.54) is 38.8 Å². The second-order valence-corrected chi connectivity index (χ2v) is 8.50. The Morgan fingerprint density at radius 3 is 1.88 bits per heavy atom. The molecule has 0 N–H and O–H groups in total. The molecule has 1 atom stereocenters. The predicted octanol–water partition coefficient (Wildman–Crippen LogP) is 4.32. The second kappa shape index (κ2) is 3.98. The number of rotatable bonds is 0. The molecule has 1 unspecified atom stereocenters. The van der Waals surface area contributed by atoms with Crippen molar-refractivity contribution in [3.8, 4) is 0 Å². The lowest BCUT2D eigenvalue weighted by molar-refractivity contribution is -0.0979. The Labute approximate surface area is 108 Å². The zero-order valence-corrected chi connectivity index (χ0v) is 12.8. The first-order valence-corrected chi connectivity index (χ1v) is 7.40. The summed E-state index contributed by atoms with van der Waals surface area (Å²) in [6, 6.07) is 0. The summed E-state index contributed by atoms with van der Waals surface area (Å²) in [6.45, 7) is 17.1. The van der Waals surface area contributed by atoms with Crippen LogP contribution in [0.2, 0.25) is 0 Å². The van der Waals surface area contributed by atoms with Crippen molar-refractivity contribution in [2.45, 2.75) is 72.8 Å². The van der Waals surface area contributed by atoms with Crippen LogP contribution < -0.4 is 0 Å². The van der Waals surface area contributed by atoms with Gasteiger partial charge in [0.25, 0.3) is 0 Å². The van der Waals surface area contributed by atoms with Gasteiger partial charge in [-0.15, -0.1) is 0 Å². The van der Waals surface area contributed by atoms with Gasteiger partial charge >= 0.3 is 0 Å². The van der Waals surface area contributed by atoms with Crippen LogP contribution in [0.15, 0.2) is 0 Å². The van der Waals surface area contributed by atoms with E-state index in [1.807, 2.05) is 0 Å². The van der Waals surface area contributed by atoms with Gasteiger partial charge in [0.15, 0.2) is 0 Å². The predicted molar refractivity (Wildman–Crippen MR) is 75.2 cm³/mol. The molecule has 1 aliphatic heterocycles. The average molecular weight is 237 g/mol. The van der Waals surface area contributed by atoms with Gasteiger partial charge in [0.2, 0.25) is 0 Å². The lowest BCUT2D eigenvalue weighted by Gasteiger charge is -2.59. The average Bonchev–Trinajstić information content (AvgIpc) is 2.11. The van der Waals surface area contributed by atoms with Gasteiger partial charge in [0.1, 0.15) is 0 Å². The molecule has 17 heavy (non-hydrogen) atoms. The Morgan fingerprint density at radius 1 is 0.941 bits per heavy atom. The quantitative estimate of drug-likeness (QED) is 0.606. The molecule has 0 aromatic heterocycles. The Hall–Kier alpha value is -0.0400. The van der Waals surface area contributed by atoms with Gasteiger partial charge in [0, 0.05) is 12.1 Å². The molecule has 0 aromatic rings. The van der Waals surface area contributed by atoms with E-state index in [4.69, 9.17) is 0 Å². The molecule has 0 bridgehead atoms. The van der Waals surface area contributed by atoms with Crippen molar-refractivity contribution in [2.24, 2.45) is 16.7 Å². The van der Waals surface area contributed by atoms with Crippen LogP contribution in [0, 0.1) is 16.7 Å².